The summed E-state index contributed by atoms with van der Waals surface area (Å²) in [5.74, 6) is 1.28. The lowest BCUT2D eigenvalue weighted by molar-refractivity contribution is -0.129. The van der Waals surface area contributed by atoms with Crippen LogP contribution in [0.3, 0.4) is 0 Å². The molecule has 0 aromatic carbocycles. The highest BCUT2D eigenvalue weighted by Gasteiger charge is 2.34. The fourth-order valence-corrected chi connectivity index (χ4v) is 2.46. The van der Waals surface area contributed by atoms with Crippen molar-refractivity contribution in [2.24, 2.45) is 11.0 Å². The Balaban J connectivity index is 1.52. The lowest BCUT2D eigenvalue weighted by Crippen LogP contribution is -2.30. The quantitative estimate of drug-likeness (QED) is 0.671. The van der Waals surface area contributed by atoms with Gasteiger partial charge < -0.3 is 13.7 Å². The van der Waals surface area contributed by atoms with Crippen LogP contribution in [0.25, 0.3) is 0 Å². The van der Waals surface area contributed by atoms with Gasteiger partial charge in [0.05, 0.1) is 24.9 Å². The predicted molar refractivity (Wildman–Crippen MR) is 81.4 cm³/mol. The van der Waals surface area contributed by atoms with Gasteiger partial charge in [-0.25, -0.2) is 5.43 Å². The number of carbonyl (C=O) groups is 2. The number of furan rings is 2. The molecule has 1 saturated heterocycles. The van der Waals surface area contributed by atoms with Crippen LogP contribution in [0.15, 0.2) is 44.5 Å². The highest BCUT2D eigenvalue weighted by molar-refractivity contribution is 5.89. The zero-order valence-electron chi connectivity index (χ0n) is 12.7. The summed E-state index contributed by atoms with van der Waals surface area (Å²) in [5, 5.41) is 3.86. The van der Waals surface area contributed by atoms with Crippen molar-refractivity contribution in [1.82, 2.24) is 10.3 Å². The van der Waals surface area contributed by atoms with Crippen LogP contribution in [0.4, 0.5) is 0 Å². The van der Waals surface area contributed by atoms with E-state index < -0.39 is 5.92 Å². The van der Waals surface area contributed by atoms with Crippen LogP contribution >= 0.6 is 0 Å². The Labute approximate surface area is 132 Å². The second-order valence-electron chi connectivity index (χ2n) is 5.44. The molecule has 7 nitrogen and oxygen atoms in total. The maximum Gasteiger partial charge on any atom is 0.245 e. The first-order valence-electron chi connectivity index (χ1n) is 7.31. The van der Waals surface area contributed by atoms with Gasteiger partial charge in [0.25, 0.3) is 0 Å². The summed E-state index contributed by atoms with van der Waals surface area (Å²) in [7, 11) is 0. The molecular formula is C16H17N3O4. The molecule has 2 aromatic rings. The maximum absolute atomic E-state index is 12.1. The second kappa shape index (κ2) is 6.51. The Morgan fingerprint density at radius 2 is 2.35 bits per heavy atom. The largest absolute Gasteiger partial charge is 0.467 e. The molecule has 0 radical (unpaired) electrons. The topological polar surface area (TPSA) is 88.0 Å². The van der Waals surface area contributed by atoms with Crippen molar-refractivity contribution in [1.29, 1.82) is 0 Å². The van der Waals surface area contributed by atoms with Crippen molar-refractivity contribution in [3.05, 3.63) is 47.8 Å². The number of hydrazone groups is 1. The van der Waals surface area contributed by atoms with Gasteiger partial charge in [-0.3, -0.25) is 9.59 Å². The first-order chi connectivity index (χ1) is 11.1. The fraction of sp³-hybridized carbons (Fsp3) is 0.312. The van der Waals surface area contributed by atoms with E-state index in [-0.39, 0.29) is 18.2 Å². The number of aryl methyl sites for hydroxylation is 1. The van der Waals surface area contributed by atoms with E-state index in [1.54, 1.807) is 29.4 Å². The second-order valence-corrected chi connectivity index (χ2v) is 5.44. The molecule has 23 heavy (non-hydrogen) atoms. The van der Waals surface area contributed by atoms with Crippen LogP contribution in [0, 0.1) is 12.8 Å². The van der Waals surface area contributed by atoms with Gasteiger partial charge in [-0.15, -0.1) is 0 Å². The molecule has 2 amide bonds. The number of rotatable bonds is 5. The summed E-state index contributed by atoms with van der Waals surface area (Å²) in [6, 6.07) is 7.14. The monoisotopic (exact) mass is 315 g/mol. The molecular weight excluding hydrogens is 298 g/mol. The van der Waals surface area contributed by atoms with Crippen LogP contribution in [0.5, 0.6) is 0 Å². The lowest BCUT2D eigenvalue weighted by Gasteiger charge is -2.14. The van der Waals surface area contributed by atoms with Gasteiger partial charge in [-0.1, -0.05) is 0 Å². The Hall–Kier alpha value is -2.83. The van der Waals surface area contributed by atoms with E-state index in [2.05, 4.69) is 10.5 Å². The average molecular weight is 315 g/mol. The molecule has 7 heteroatoms. The van der Waals surface area contributed by atoms with E-state index in [1.165, 1.54) is 6.21 Å². The first-order valence-corrected chi connectivity index (χ1v) is 7.31. The summed E-state index contributed by atoms with van der Waals surface area (Å²) >= 11 is 0. The van der Waals surface area contributed by atoms with Gasteiger partial charge in [-0.05, 0) is 31.2 Å². The van der Waals surface area contributed by atoms with E-state index in [9.17, 15) is 9.59 Å². The van der Waals surface area contributed by atoms with Crippen LogP contribution in [0.1, 0.15) is 23.7 Å². The molecule has 1 N–H and O–H groups in total. The SMILES string of the molecule is Cc1ccc(/C=N/NC(=O)C2CC(=O)N(Cc3ccco3)C2)o1. The maximum atomic E-state index is 12.1. The fourth-order valence-electron chi connectivity index (χ4n) is 2.46. The molecule has 1 unspecified atom stereocenters. The van der Waals surface area contributed by atoms with E-state index in [4.69, 9.17) is 8.83 Å². The summed E-state index contributed by atoms with van der Waals surface area (Å²) in [4.78, 5) is 25.7. The van der Waals surface area contributed by atoms with E-state index in [0.29, 0.717) is 24.6 Å². The number of hydrogen-bond donors (Lipinski definition) is 1. The lowest BCUT2D eigenvalue weighted by atomic mass is 10.1. The molecule has 0 aliphatic carbocycles. The standard InChI is InChI=1S/C16H17N3O4/c1-11-4-5-13(23-11)8-17-18-16(21)12-7-15(20)19(9-12)10-14-3-2-6-22-14/h2-6,8,12H,7,9-10H2,1H3,(H,18,21)/b17-8+. The molecule has 3 rings (SSSR count). The number of nitrogens with one attached hydrogen (secondary N) is 1. The third-order valence-corrected chi connectivity index (χ3v) is 3.64. The minimum Gasteiger partial charge on any atom is -0.467 e. The molecule has 0 spiro atoms. The third-order valence-electron chi connectivity index (χ3n) is 3.64. The van der Waals surface area contributed by atoms with E-state index in [0.717, 1.165) is 5.76 Å². The van der Waals surface area contributed by atoms with Crippen molar-refractivity contribution < 1.29 is 18.4 Å². The van der Waals surface area contributed by atoms with Crippen molar-refractivity contribution in [3.8, 4) is 0 Å². The van der Waals surface area contributed by atoms with Crippen LogP contribution in [-0.4, -0.2) is 29.5 Å². The molecule has 1 fully saturated rings. The van der Waals surface area contributed by atoms with Crippen molar-refractivity contribution in [3.63, 3.8) is 0 Å². The Bertz CT molecular complexity index is 718. The zero-order chi connectivity index (χ0) is 16.2. The summed E-state index contributed by atoms with van der Waals surface area (Å²) in [5.41, 5.74) is 2.45. The van der Waals surface area contributed by atoms with Crippen LogP contribution < -0.4 is 5.43 Å². The minimum absolute atomic E-state index is 0.0628. The number of carbonyl (C=O) groups excluding carboxylic acids is 2. The highest BCUT2D eigenvalue weighted by atomic mass is 16.3. The van der Waals surface area contributed by atoms with Crippen LogP contribution in [0.2, 0.25) is 0 Å². The summed E-state index contributed by atoms with van der Waals surface area (Å²) in [6.07, 6.45) is 3.18. The minimum atomic E-state index is -0.409. The van der Waals surface area contributed by atoms with Gasteiger partial charge in [0, 0.05) is 13.0 Å². The van der Waals surface area contributed by atoms with E-state index >= 15 is 0 Å². The Morgan fingerprint density at radius 3 is 3.04 bits per heavy atom. The molecule has 1 atom stereocenters. The smallest absolute Gasteiger partial charge is 0.245 e. The van der Waals surface area contributed by atoms with Gasteiger partial charge in [0.15, 0.2) is 0 Å². The summed E-state index contributed by atoms with van der Waals surface area (Å²) in [6.45, 7) is 2.57. The molecule has 0 bridgehead atoms. The van der Waals surface area contributed by atoms with Crippen LogP contribution in [-0.2, 0) is 16.1 Å². The van der Waals surface area contributed by atoms with Crippen molar-refractivity contribution >= 4 is 18.0 Å². The Morgan fingerprint density at radius 1 is 1.48 bits per heavy atom. The van der Waals surface area contributed by atoms with Crippen molar-refractivity contribution in [2.75, 3.05) is 6.54 Å². The highest BCUT2D eigenvalue weighted by Crippen LogP contribution is 2.20. The van der Waals surface area contributed by atoms with Gasteiger partial charge in [-0.2, -0.15) is 5.10 Å². The van der Waals surface area contributed by atoms with E-state index in [1.807, 2.05) is 13.0 Å². The number of amides is 2. The zero-order valence-corrected chi connectivity index (χ0v) is 12.7. The molecule has 2 aromatic heterocycles. The Kier molecular flexibility index (Phi) is 4.27. The average Bonchev–Trinajstić information content (AvgIpc) is 3.23. The molecule has 120 valence electrons. The molecule has 1 aliphatic rings. The number of hydrogen-bond acceptors (Lipinski definition) is 5. The third kappa shape index (κ3) is 3.68. The van der Waals surface area contributed by atoms with Gasteiger partial charge in [0.2, 0.25) is 11.8 Å². The first kappa shape index (κ1) is 15.1. The number of likely N-dealkylation sites (tertiary alicyclic amines) is 1. The molecule has 3 heterocycles. The normalized spacial score (nSPS) is 18.0. The summed E-state index contributed by atoms with van der Waals surface area (Å²) < 4.78 is 10.5. The van der Waals surface area contributed by atoms with Gasteiger partial charge in [0.1, 0.15) is 17.3 Å². The predicted octanol–water partition coefficient (Wildman–Crippen LogP) is 1.68. The molecule has 1 aliphatic heterocycles. The van der Waals surface area contributed by atoms with Crippen molar-refractivity contribution in [2.45, 2.75) is 19.9 Å². The van der Waals surface area contributed by atoms with Gasteiger partial charge >= 0.3 is 0 Å². The molecule has 0 saturated carbocycles. The number of nitrogens with zero attached hydrogens (tertiary/aromatic N) is 2.